The van der Waals surface area contributed by atoms with Crippen LogP contribution in [0.1, 0.15) is 43.5 Å². The molecule has 0 radical (unpaired) electrons. The fourth-order valence-corrected chi connectivity index (χ4v) is 4.62. The first kappa shape index (κ1) is 17.3. The summed E-state index contributed by atoms with van der Waals surface area (Å²) in [4.78, 5) is 33.7. The second kappa shape index (κ2) is 6.86. The number of pyridine rings is 1. The van der Waals surface area contributed by atoms with Crippen LogP contribution in [0.5, 0.6) is 0 Å². The molecule has 1 spiro atoms. The number of likely N-dealkylation sites (tertiary alicyclic amines) is 2. The number of aromatic nitrogens is 1. The molecule has 138 valence electrons. The monoisotopic (exact) mass is 353 g/mol. The number of hydrogen-bond acceptors (Lipinski definition) is 3. The van der Waals surface area contributed by atoms with Gasteiger partial charge < -0.3 is 9.80 Å². The van der Waals surface area contributed by atoms with Gasteiger partial charge in [0.1, 0.15) is 0 Å². The van der Waals surface area contributed by atoms with E-state index in [0.717, 1.165) is 56.7 Å². The van der Waals surface area contributed by atoms with Crippen LogP contribution in [0, 0.1) is 18.3 Å². The van der Waals surface area contributed by atoms with E-state index in [-0.39, 0.29) is 17.2 Å². The molecule has 2 amide bonds. The minimum atomic E-state index is 0.0472. The van der Waals surface area contributed by atoms with Gasteiger partial charge in [0.2, 0.25) is 11.8 Å². The maximum atomic E-state index is 12.6. The molecule has 4 rings (SSSR count). The van der Waals surface area contributed by atoms with Crippen molar-refractivity contribution < 1.29 is 9.59 Å². The molecule has 1 aromatic heterocycles. The molecule has 1 aliphatic carbocycles. The molecular formula is C21H27N3O2. The molecule has 0 aromatic carbocycles. The predicted octanol–water partition coefficient (Wildman–Crippen LogP) is 2.70. The molecule has 0 N–H and O–H groups in total. The maximum Gasteiger partial charge on any atom is 0.226 e. The van der Waals surface area contributed by atoms with E-state index in [4.69, 9.17) is 0 Å². The third kappa shape index (κ3) is 3.39. The summed E-state index contributed by atoms with van der Waals surface area (Å²) in [5, 5.41) is 0. The Morgan fingerprint density at radius 2 is 1.96 bits per heavy atom. The van der Waals surface area contributed by atoms with Crippen molar-refractivity contribution in [1.29, 1.82) is 0 Å². The molecule has 3 aliphatic rings. The van der Waals surface area contributed by atoms with Crippen LogP contribution >= 0.6 is 0 Å². The van der Waals surface area contributed by atoms with Gasteiger partial charge in [0, 0.05) is 43.1 Å². The highest BCUT2D eigenvalue weighted by molar-refractivity contribution is 5.81. The zero-order valence-corrected chi connectivity index (χ0v) is 15.5. The van der Waals surface area contributed by atoms with Gasteiger partial charge in [-0.25, -0.2) is 0 Å². The van der Waals surface area contributed by atoms with E-state index in [0.29, 0.717) is 18.9 Å². The van der Waals surface area contributed by atoms with Crippen LogP contribution in [0.2, 0.25) is 0 Å². The van der Waals surface area contributed by atoms with Gasteiger partial charge >= 0.3 is 0 Å². The minimum Gasteiger partial charge on any atom is -0.342 e. The van der Waals surface area contributed by atoms with E-state index in [9.17, 15) is 9.59 Å². The van der Waals surface area contributed by atoms with Crippen molar-refractivity contribution in [2.75, 3.05) is 19.6 Å². The number of hydrogen-bond donors (Lipinski definition) is 0. The number of piperidine rings is 1. The first-order chi connectivity index (χ1) is 12.5. The smallest absolute Gasteiger partial charge is 0.226 e. The fraction of sp³-hybridized carbons (Fsp3) is 0.571. The lowest BCUT2D eigenvalue weighted by Crippen LogP contribution is -2.46. The number of carbonyl (C=O) groups excluding carboxylic acids is 2. The van der Waals surface area contributed by atoms with Crippen molar-refractivity contribution >= 4 is 11.8 Å². The van der Waals surface area contributed by atoms with E-state index in [2.05, 4.69) is 17.1 Å². The Balaban J connectivity index is 1.35. The summed E-state index contributed by atoms with van der Waals surface area (Å²) in [5.74, 6) is 0.682. The van der Waals surface area contributed by atoms with Gasteiger partial charge in [-0.15, -0.1) is 0 Å². The van der Waals surface area contributed by atoms with Gasteiger partial charge in [0.05, 0.1) is 12.2 Å². The van der Waals surface area contributed by atoms with Crippen LogP contribution in [0.4, 0.5) is 0 Å². The van der Waals surface area contributed by atoms with Gasteiger partial charge in [0.25, 0.3) is 0 Å². The van der Waals surface area contributed by atoms with Crippen molar-refractivity contribution in [2.24, 2.45) is 11.3 Å². The topological polar surface area (TPSA) is 53.5 Å². The van der Waals surface area contributed by atoms with Crippen LogP contribution < -0.4 is 0 Å². The van der Waals surface area contributed by atoms with E-state index in [1.54, 1.807) is 0 Å². The molecule has 0 bridgehead atoms. The molecule has 5 nitrogen and oxygen atoms in total. The zero-order valence-electron chi connectivity index (χ0n) is 15.5. The van der Waals surface area contributed by atoms with Crippen molar-refractivity contribution in [2.45, 2.75) is 45.6 Å². The zero-order chi connectivity index (χ0) is 18.1. The van der Waals surface area contributed by atoms with E-state index in [1.807, 2.05) is 34.9 Å². The first-order valence-electron chi connectivity index (χ1n) is 9.69. The summed E-state index contributed by atoms with van der Waals surface area (Å²) in [5.41, 5.74) is 1.99. The van der Waals surface area contributed by atoms with Crippen LogP contribution in [0.15, 0.2) is 30.4 Å². The second-order valence-corrected chi connectivity index (χ2v) is 8.16. The highest BCUT2D eigenvalue weighted by atomic mass is 16.2. The first-order valence-corrected chi connectivity index (χ1v) is 9.69. The Hall–Kier alpha value is -2.17. The number of aryl methyl sites for hydroxylation is 1. The van der Waals surface area contributed by atoms with Crippen molar-refractivity contribution in [3.8, 4) is 0 Å². The quantitative estimate of drug-likeness (QED) is 0.785. The van der Waals surface area contributed by atoms with Gasteiger partial charge in [-0.05, 0) is 44.7 Å². The summed E-state index contributed by atoms with van der Waals surface area (Å²) >= 11 is 0. The molecule has 26 heavy (non-hydrogen) atoms. The standard InChI is InChI=1S/C21H27N3O2/c1-16-5-4-8-18(22-16)14-24-15-21(13-19(24)25)9-11-23(12-10-21)20(26)17-6-2-3-7-17/h2-5,8,17H,6-7,9-15H2,1H3. The average Bonchev–Trinajstić information content (AvgIpc) is 3.24. The second-order valence-electron chi connectivity index (χ2n) is 8.16. The lowest BCUT2D eigenvalue weighted by molar-refractivity contribution is -0.137. The number of nitrogens with zero attached hydrogens (tertiary/aromatic N) is 3. The van der Waals surface area contributed by atoms with Gasteiger partial charge in [-0.2, -0.15) is 0 Å². The molecule has 0 saturated carbocycles. The molecule has 2 fully saturated rings. The van der Waals surface area contributed by atoms with E-state index >= 15 is 0 Å². The Morgan fingerprint density at radius 1 is 1.23 bits per heavy atom. The minimum absolute atomic E-state index is 0.0472. The molecule has 3 heterocycles. The predicted molar refractivity (Wildman–Crippen MR) is 99.1 cm³/mol. The van der Waals surface area contributed by atoms with Gasteiger partial charge in [-0.1, -0.05) is 18.2 Å². The largest absolute Gasteiger partial charge is 0.342 e. The SMILES string of the molecule is Cc1cccc(CN2CC3(CCN(C(=O)C4CC=CC4)CC3)CC2=O)n1. The highest BCUT2D eigenvalue weighted by Gasteiger charge is 2.45. The van der Waals surface area contributed by atoms with Crippen LogP contribution in [0.3, 0.4) is 0 Å². The summed E-state index contributed by atoms with van der Waals surface area (Å²) < 4.78 is 0. The maximum absolute atomic E-state index is 12.6. The Kier molecular flexibility index (Phi) is 4.55. The van der Waals surface area contributed by atoms with E-state index < -0.39 is 0 Å². The normalized spacial score (nSPS) is 22.6. The Bertz CT molecular complexity index is 727. The molecule has 5 heteroatoms. The Labute approximate surface area is 155 Å². The summed E-state index contributed by atoms with van der Waals surface area (Å²) in [6.07, 6.45) is 8.48. The van der Waals surface area contributed by atoms with E-state index in [1.165, 1.54) is 0 Å². The number of rotatable bonds is 3. The fourth-order valence-electron chi connectivity index (χ4n) is 4.62. The lowest BCUT2D eigenvalue weighted by Gasteiger charge is -2.39. The third-order valence-corrected chi connectivity index (χ3v) is 6.20. The van der Waals surface area contributed by atoms with Crippen molar-refractivity contribution in [3.63, 3.8) is 0 Å². The molecular weight excluding hydrogens is 326 g/mol. The number of allylic oxidation sites excluding steroid dienone is 2. The molecule has 1 aromatic rings. The summed E-state index contributed by atoms with van der Waals surface area (Å²) in [6.45, 7) is 4.95. The lowest BCUT2D eigenvalue weighted by atomic mass is 9.77. The van der Waals surface area contributed by atoms with Crippen LogP contribution in [-0.2, 0) is 16.1 Å². The van der Waals surface area contributed by atoms with Gasteiger partial charge in [0.15, 0.2) is 0 Å². The molecule has 2 aliphatic heterocycles. The average molecular weight is 353 g/mol. The number of amides is 2. The van der Waals surface area contributed by atoms with Crippen LogP contribution in [-0.4, -0.2) is 46.2 Å². The van der Waals surface area contributed by atoms with Gasteiger partial charge in [-0.3, -0.25) is 14.6 Å². The molecule has 0 unspecified atom stereocenters. The number of carbonyl (C=O) groups is 2. The van der Waals surface area contributed by atoms with Crippen molar-refractivity contribution in [1.82, 2.24) is 14.8 Å². The molecule has 0 atom stereocenters. The molecule has 2 saturated heterocycles. The van der Waals surface area contributed by atoms with Crippen molar-refractivity contribution in [3.05, 3.63) is 41.7 Å². The Morgan fingerprint density at radius 3 is 2.65 bits per heavy atom. The summed E-state index contributed by atoms with van der Waals surface area (Å²) in [6, 6.07) is 5.96. The highest BCUT2D eigenvalue weighted by Crippen LogP contribution is 2.42. The third-order valence-electron chi connectivity index (χ3n) is 6.20. The van der Waals surface area contributed by atoms with Crippen LogP contribution in [0.25, 0.3) is 0 Å². The summed E-state index contributed by atoms with van der Waals surface area (Å²) in [7, 11) is 0.